The van der Waals surface area contributed by atoms with Crippen molar-refractivity contribution in [3.8, 4) is 0 Å². The largest absolute Gasteiger partial charge is 0.274 e. The minimum absolute atomic E-state index is 0.104. The molecule has 0 saturated heterocycles. The van der Waals surface area contributed by atoms with Crippen LogP contribution in [0.25, 0.3) is 0 Å². The number of hydrogen-bond acceptors (Lipinski definition) is 8. The van der Waals surface area contributed by atoms with Crippen molar-refractivity contribution in [1.82, 2.24) is 29.9 Å². The lowest BCUT2D eigenvalue weighted by Crippen LogP contribution is -1.89. The van der Waals surface area contributed by atoms with Gasteiger partial charge < -0.3 is 0 Å². The summed E-state index contributed by atoms with van der Waals surface area (Å²) in [5.41, 5.74) is 0. The van der Waals surface area contributed by atoms with Crippen molar-refractivity contribution in [2.45, 2.75) is 0 Å². The first-order chi connectivity index (χ1) is 8.52. The van der Waals surface area contributed by atoms with E-state index >= 15 is 0 Å². The topological polar surface area (TPSA) is 102 Å². The molecule has 92 valence electrons. The van der Waals surface area contributed by atoms with Crippen LogP contribution in [0.5, 0.6) is 0 Å². The van der Waals surface area contributed by atoms with Crippen LogP contribution in [0.3, 0.4) is 0 Å². The fourth-order valence-electron chi connectivity index (χ4n) is 0.811. The van der Waals surface area contributed by atoms with Crippen molar-refractivity contribution in [3.63, 3.8) is 0 Å². The highest BCUT2D eigenvalue weighted by Gasteiger charge is 2.04. The van der Waals surface area contributed by atoms with Gasteiger partial charge in [-0.05, 0) is 46.4 Å². The van der Waals surface area contributed by atoms with Crippen LogP contribution in [0, 0.1) is 0 Å². The number of rotatable bonds is 2. The van der Waals surface area contributed by atoms with Gasteiger partial charge >= 0.3 is 0 Å². The molecule has 0 fully saturated rings. The summed E-state index contributed by atoms with van der Waals surface area (Å²) < 4.78 is 0. The molecule has 0 radical (unpaired) electrons. The van der Waals surface area contributed by atoms with Crippen molar-refractivity contribution in [2.75, 3.05) is 0 Å². The molecule has 0 unspecified atom stereocenters. The molecule has 2 heterocycles. The Labute approximate surface area is 119 Å². The molecule has 0 amide bonds. The van der Waals surface area contributed by atoms with Crippen LogP contribution >= 0.6 is 46.4 Å². The van der Waals surface area contributed by atoms with Gasteiger partial charge in [-0.2, -0.15) is 29.9 Å². The van der Waals surface area contributed by atoms with Gasteiger partial charge in [0.05, 0.1) is 0 Å². The van der Waals surface area contributed by atoms with Crippen LogP contribution in [0.1, 0.15) is 0 Å². The summed E-state index contributed by atoms with van der Waals surface area (Å²) in [5, 5.41) is 6.75. The molecule has 2 aromatic heterocycles. The van der Waals surface area contributed by atoms with Crippen LogP contribution in [0.15, 0.2) is 10.2 Å². The van der Waals surface area contributed by atoms with Crippen LogP contribution < -0.4 is 0 Å². The Hall–Kier alpha value is -1.22. The molecular formula is C6Cl4N8. The van der Waals surface area contributed by atoms with Gasteiger partial charge in [-0.25, -0.2) is 0 Å². The van der Waals surface area contributed by atoms with Gasteiger partial charge in [-0.1, -0.05) is 0 Å². The quantitative estimate of drug-likeness (QED) is 0.786. The Morgan fingerprint density at radius 2 is 0.778 bits per heavy atom. The van der Waals surface area contributed by atoms with Crippen molar-refractivity contribution in [2.24, 2.45) is 10.2 Å². The molecule has 2 aromatic rings. The van der Waals surface area contributed by atoms with E-state index in [1.165, 1.54) is 0 Å². The summed E-state index contributed by atoms with van der Waals surface area (Å²) in [5.74, 6) is -0.208. The SMILES string of the molecule is Clc1nc(Cl)nc(/N=N\c2nc(Cl)nc(Cl)n2)n1. The maximum atomic E-state index is 5.55. The highest BCUT2D eigenvalue weighted by molar-refractivity contribution is 6.31. The lowest BCUT2D eigenvalue weighted by Gasteiger charge is -1.94. The van der Waals surface area contributed by atoms with Gasteiger partial charge in [0.1, 0.15) is 0 Å². The minimum Gasteiger partial charge on any atom is -0.187 e. The molecule has 0 aliphatic heterocycles. The van der Waals surface area contributed by atoms with E-state index in [1.807, 2.05) is 0 Å². The lowest BCUT2D eigenvalue weighted by atomic mass is 10.9. The molecule has 0 spiro atoms. The minimum atomic E-state index is -0.115. The third-order valence-corrected chi connectivity index (χ3v) is 2.04. The monoisotopic (exact) mass is 324 g/mol. The average molecular weight is 326 g/mol. The first-order valence-electron chi connectivity index (χ1n) is 4.09. The molecule has 12 heteroatoms. The van der Waals surface area contributed by atoms with E-state index in [9.17, 15) is 0 Å². The van der Waals surface area contributed by atoms with E-state index in [0.29, 0.717) is 0 Å². The van der Waals surface area contributed by atoms with E-state index < -0.39 is 0 Å². The van der Waals surface area contributed by atoms with Crippen molar-refractivity contribution in [1.29, 1.82) is 0 Å². The summed E-state index contributed by atoms with van der Waals surface area (Å²) in [6.07, 6.45) is 0. The van der Waals surface area contributed by atoms with Crippen molar-refractivity contribution >= 4 is 58.3 Å². The Balaban J connectivity index is 2.29. The average Bonchev–Trinajstić information content (AvgIpc) is 2.23. The van der Waals surface area contributed by atoms with E-state index in [-0.39, 0.29) is 33.0 Å². The van der Waals surface area contributed by atoms with Gasteiger partial charge in [-0.15, -0.1) is 10.2 Å². The molecule has 0 N–H and O–H groups in total. The highest BCUT2D eigenvalue weighted by atomic mass is 35.5. The zero-order valence-corrected chi connectivity index (χ0v) is 11.1. The molecule has 0 saturated carbocycles. The Bertz CT molecular complexity index is 523. The number of azo groups is 1. The fraction of sp³-hybridized carbons (Fsp3) is 0. The predicted octanol–water partition coefficient (Wildman–Crippen LogP) is 3.09. The molecule has 18 heavy (non-hydrogen) atoms. The van der Waals surface area contributed by atoms with E-state index in [0.717, 1.165) is 0 Å². The van der Waals surface area contributed by atoms with Crippen LogP contribution in [0.4, 0.5) is 11.9 Å². The zero-order valence-electron chi connectivity index (χ0n) is 8.09. The Morgan fingerprint density at radius 3 is 1.06 bits per heavy atom. The summed E-state index contributed by atoms with van der Waals surface area (Å²) in [4.78, 5) is 21.7. The van der Waals surface area contributed by atoms with Gasteiger partial charge in [0.25, 0.3) is 11.9 Å². The van der Waals surface area contributed by atoms with Gasteiger partial charge in [0.15, 0.2) is 0 Å². The molecule has 2 rings (SSSR count). The van der Waals surface area contributed by atoms with E-state index in [1.54, 1.807) is 0 Å². The lowest BCUT2D eigenvalue weighted by molar-refractivity contribution is 0.960. The number of halogens is 4. The highest BCUT2D eigenvalue weighted by Crippen LogP contribution is 2.16. The molecule has 0 aliphatic carbocycles. The maximum absolute atomic E-state index is 5.55. The second kappa shape index (κ2) is 5.61. The molecule has 8 nitrogen and oxygen atoms in total. The summed E-state index contributed by atoms with van der Waals surface area (Å²) in [7, 11) is 0. The van der Waals surface area contributed by atoms with Gasteiger partial charge in [0, 0.05) is 0 Å². The third-order valence-electron chi connectivity index (χ3n) is 1.37. The first-order valence-corrected chi connectivity index (χ1v) is 5.60. The molecule has 0 bridgehead atoms. The number of nitrogens with zero attached hydrogens (tertiary/aromatic N) is 8. The predicted molar refractivity (Wildman–Crippen MR) is 63.9 cm³/mol. The van der Waals surface area contributed by atoms with Crippen molar-refractivity contribution < 1.29 is 0 Å². The molecule has 0 atom stereocenters. The van der Waals surface area contributed by atoms with Gasteiger partial charge in [0.2, 0.25) is 21.1 Å². The van der Waals surface area contributed by atoms with E-state index in [2.05, 4.69) is 40.1 Å². The van der Waals surface area contributed by atoms with E-state index in [4.69, 9.17) is 46.4 Å². The maximum Gasteiger partial charge on any atom is 0.274 e. The van der Waals surface area contributed by atoms with Crippen LogP contribution in [-0.2, 0) is 0 Å². The van der Waals surface area contributed by atoms with Crippen LogP contribution in [0.2, 0.25) is 21.1 Å². The third kappa shape index (κ3) is 3.64. The number of aromatic nitrogens is 6. The summed E-state index contributed by atoms with van der Waals surface area (Å²) >= 11 is 22.2. The van der Waals surface area contributed by atoms with Crippen LogP contribution in [-0.4, -0.2) is 29.9 Å². The summed E-state index contributed by atoms with van der Waals surface area (Å²) in [6.45, 7) is 0. The summed E-state index contributed by atoms with van der Waals surface area (Å²) in [6, 6.07) is 0. The Kier molecular flexibility index (Phi) is 4.12. The fourth-order valence-corrected chi connectivity index (χ4v) is 1.52. The molecule has 0 aliphatic rings. The zero-order chi connectivity index (χ0) is 13.1. The smallest absolute Gasteiger partial charge is 0.187 e. The second-order valence-electron chi connectivity index (χ2n) is 2.55. The number of hydrogen-bond donors (Lipinski definition) is 0. The second-order valence-corrected chi connectivity index (χ2v) is 3.90. The standard InChI is InChI=1S/C6Cl4N8/c7-1-11-2(8)14-5(13-1)17-18-6-15-3(9)12-4(10)16-6/b18-17-. The normalized spacial score (nSPS) is 11.1. The van der Waals surface area contributed by atoms with Gasteiger partial charge in [-0.3, -0.25) is 0 Å². The Morgan fingerprint density at radius 1 is 0.500 bits per heavy atom. The first kappa shape index (κ1) is 13.2. The van der Waals surface area contributed by atoms with Crippen molar-refractivity contribution in [3.05, 3.63) is 21.1 Å². The molecular weight excluding hydrogens is 326 g/mol. The molecule has 0 aromatic carbocycles.